The van der Waals surface area contributed by atoms with Crippen molar-refractivity contribution in [2.75, 3.05) is 0 Å². The topological polar surface area (TPSA) is 17.1 Å². The first-order valence-electron chi connectivity index (χ1n) is 6.86. The van der Waals surface area contributed by atoms with E-state index in [1.54, 1.807) is 0 Å². The van der Waals surface area contributed by atoms with Gasteiger partial charge in [0.15, 0.2) is 5.78 Å². The molecule has 1 aromatic carbocycles. The van der Waals surface area contributed by atoms with Crippen molar-refractivity contribution in [3.63, 3.8) is 0 Å². The molecule has 1 aromatic rings. The average Bonchev–Trinajstić information content (AvgIpc) is 2.63. The molecule has 1 nitrogen and oxygen atoms in total. The molecule has 1 heteroatoms. The number of hydrogen-bond acceptors (Lipinski definition) is 1. The van der Waals surface area contributed by atoms with Gasteiger partial charge in [-0.2, -0.15) is 0 Å². The summed E-state index contributed by atoms with van der Waals surface area (Å²) in [5.74, 6) is 0.854. The molecule has 0 saturated carbocycles. The number of ketones is 1. The standard InChI is InChI=1S/C16H22O/c1-3-4-5-6-9-13-11-15(17)16-12(2)8-7-10-14(13)16/h7-8,10,13H,3-6,9,11H2,1-2H3. The molecule has 1 atom stereocenters. The summed E-state index contributed by atoms with van der Waals surface area (Å²) in [6.07, 6.45) is 7.09. The van der Waals surface area contributed by atoms with Crippen molar-refractivity contribution < 1.29 is 4.79 Å². The Hall–Kier alpha value is -1.11. The zero-order valence-corrected chi connectivity index (χ0v) is 11.0. The minimum Gasteiger partial charge on any atom is -0.294 e. The summed E-state index contributed by atoms with van der Waals surface area (Å²) in [4.78, 5) is 12.0. The third kappa shape index (κ3) is 2.59. The lowest BCUT2D eigenvalue weighted by atomic mass is 9.94. The maximum absolute atomic E-state index is 12.0. The highest BCUT2D eigenvalue weighted by atomic mass is 16.1. The predicted octanol–water partition coefficient (Wildman–Crippen LogP) is 4.64. The van der Waals surface area contributed by atoms with Gasteiger partial charge < -0.3 is 0 Å². The molecule has 0 fully saturated rings. The fourth-order valence-corrected chi connectivity index (χ4v) is 2.92. The molecule has 0 bridgehead atoms. The Balaban J connectivity index is 2.04. The molecule has 92 valence electrons. The van der Waals surface area contributed by atoms with E-state index in [1.165, 1.54) is 37.7 Å². The van der Waals surface area contributed by atoms with Gasteiger partial charge >= 0.3 is 0 Å². The number of fused-ring (bicyclic) bond motifs is 1. The van der Waals surface area contributed by atoms with Crippen LogP contribution in [0.4, 0.5) is 0 Å². The van der Waals surface area contributed by atoms with E-state index in [-0.39, 0.29) is 0 Å². The van der Waals surface area contributed by atoms with Crippen LogP contribution in [0.3, 0.4) is 0 Å². The first kappa shape index (κ1) is 12.3. The van der Waals surface area contributed by atoms with Gasteiger partial charge in [0.1, 0.15) is 0 Å². The molecule has 1 unspecified atom stereocenters. The van der Waals surface area contributed by atoms with Crippen molar-refractivity contribution in [3.05, 3.63) is 34.9 Å². The highest BCUT2D eigenvalue weighted by Gasteiger charge is 2.29. The molecule has 0 saturated heterocycles. The van der Waals surface area contributed by atoms with E-state index in [2.05, 4.69) is 32.0 Å². The van der Waals surface area contributed by atoms with Crippen molar-refractivity contribution in [3.8, 4) is 0 Å². The number of aryl methyl sites for hydroxylation is 1. The van der Waals surface area contributed by atoms with Gasteiger partial charge in [0.25, 0.3) is 0 Å². The molecular weight excluding hydrogens is 208 g/mol. The molecule has 17 heavy (non-hydrogen) atoms. The van der Waals surface area contributed by atoms with Crippen molar-refractivity contribution in [1.29, 1.82) is 0 Å². The third-order valence-corrected chi connectivity index (χ3v) is 3.86. The number of unbranched alkanes of at least 4 members (excludes halogenated alkanes) is 3. The molecule has 0 amide bonds. The monoisotopic (exact) mass is 230 g/mol. The molecule has 2 rings (SSSR count). The number of carbonyl (C=O) groups is 1. The molecule has 1 aliphatic carbocycles. The van der Waals surface area contributed by atoms with Gasteiger partial charge in [-0.1, -0.05) is 50.8 Å². The number of Topliss-reactive ketones (excluding diaryl/α,β-unsaturated/α-hetero) is 1. The lowest BCUT2D eigenvalue weighted by Crippen LogP contribution is -1.94. The highest BCUT2D eigenvalue weighted by molar-refractivity contribution is 6.02. The van der Waals surface area contributed by atoms with Gasteiger partial charge in [0.05, 0.1) is 0 Å². The minimum absolute atomic E-state index is 0.360. The fraction of sp³-hybridized carbons (Fsp3) is 0.562. The smallest absolute Gasteiger partial charge is 0.164 e. The normalized spacial score (nSPS) is 18.5. The van der Waals surface area contributed by atoms with E-state index < -0.39 is 0 Å². The van der Waals surface area contributed by atoms with Gasteiger partial charge in [0.2, 0.25) is 0 Å². The summed E-state index contributed by atoms with van der Waals surface area (Å²) in [5, 5.41) is 0. The Morgan fingerprint density at radius 1 is 1.24 bits per heavy atom. The lowest BCUT2D eigenvalue weighted by Gasteiger charge is -2.10. The Labute approximate surface area is 104 Å². The molecule has 0 N–H and O–H groups in total. The molecular formula is C16H22O. The molecule has 0 heterocycles. The summed E-state index contributed by atoms with van der Waals surface area (Å²) < 4.78 is 0. The van der Waals surface area contributed by atoms with E-state index >= 15 is 0 Å². The fourth-order valence-electron chi connectivity index (χ4n) is 2.92. The van der Waals surface area contributed by atoms with Crippen LogP contribution in [0.2, 0.25) is 0 Å². The Morgan fingerprint density at radius 2 is 2.06 bits per heavy atom. The first-order valence-corrected chi connectivity index (χ1v) is 6.86. The average molecular weight is 230 g/mol. The molecule has 0 aliphatic heterocycles. The number of carbonyl (C=O) groups excluding carboxylic acids is 1. The summed E-state index contributed by atoms with van der Waals surface area (Å²) in [7, 11) is 0. The SMILES string of the molecule is CCCCCCC1CC(=O)c2c(C)cccc21. The predicted molar refractivity (Wildman–Crippen MR) is 71.6 cm³/mol. The van der Waals surface area contributed by atoms with E-state index in [0.29, 0.717) is 11.7 Å². The van der Waals surface area contributed by atoms with E-state index in [4.69, 9.17) is 0 Å². The van der Waals surface area contributed by atoms with Crippen LogP contribution in [-0.2, 0) is 0 Å². The van der Waals surface area contributed by atoms with Crippen LogP contribution in [0.15, 0.2) is 18.2 Å². The van der Waals surface area contributed by atoms with Crippen molar-refractivity contribution >= 4 is 5.78 Å². The van der Waals surface area contributed by atoms with Crippen LogP contribution in [0.5, 0.6) is 0 Å². The van der Waals surface area contributed by atoms with Gasteiger partial charge in [0, 0.05) is 12.0 Å². The largest absolute Gasteiger partial charge is 0.294 e. The van der Waals surface area contributed by atoms with Gasteiger partial charge in [-0.25, -0.2) is 0 Å². The van der Waals surface area contributed by atoms with Crippen LogP contribution >= 0.6 is 0 Å². The molecule has 0 spiro atoms. The van der Waals surface area contributed by atoms with E-state index in [1.807, 2.05) is 0 Å². The van der Waals surface area contributed by atoms with Crippen LogP contribution in [0.25, 0.3) is 0 Å². The second-order valence-corrected chi connectivity index (χ2v) is 5.21. The van der Waals surface area contributed by atoms with Crippen molar-refractivity contribution in [2.45, 2.75) is 58.3 Å². The van der Waals surface area contributed by atoms with Crippen molar-refractivity contribution in [2.24, 2.45) is 0 Å². The van der Waals surface area contributed by atoms with E-state index in [0.717, 1.165) is 17.5 Å². The summed E-state index contributed by atoms with van der Waals surface area (Å²) in [6.45, 7) is 4.29. The second-order valence-electron chi connectivity index (χ2n) is 5.21. The van der Waals surface area contributed by atoms with Crippen LogP contribution in [-0.4, -0.2) is 5.78 Å². The third-order valence-electron chi connectivity index (χ3n) is 3.86. The molecule has 0 radical (unpaired) electrons. The Morgan fingerprint density at radius 3 is 2.82 bits per heavy atom. The lowest BCUT2D eigenvalue weighted by molar-refractivity contribution is 0.0987. The van der Waals surface area contributed by atoms with Gasteiger partial charge in [-0.15, -0.1) is 0 Å². The zero-order chi connectivity index (χ0) is 12.3. The van der Waals surface area contributed by atoms with Crippen molar-refractivity contribution in [1.82, 2.24) is 0 Å². The minimum atomic E-state index is 0.360. The summed E-state index contributed by atoms with van der Waals surface area (Å²) in [6, 6.07) is 6.29. The Kier molecular flexibility index (Phi) is 3.98. The van der Waals surface area contributed by atoms with Gasteiger partial charge in [-0.3, -0.25) is 4.79 Å². The van der Waals surface area contributed by atoms with Gasteiger partial charge in [-0.05, 0) is 30.4 Å². The van der Waals surface area contributed by atoms with Crippen LogP contribution in [0, 0.1) is 6.92 Å². The maximum atomic E-state index is 12.0. The Bertz CT molecular complexity index is 406. The number of rotatable bonds is 5. The molecule has 0 aromatic heterocycles. The quantitative estimate of drug-likeness (QED) is 0.674. The summed E-state index contributed by atoms with van der Waals surface area (Å²) >= 11 is 0. The second kappa shape index (κ2) is 5.48. The van der Waals surface area contributed by atoms with E-state index in [9.17, 15) is 4.79 Å². The van der Waals surface area contributed by atoms with Crippen LogP contribution < -0.4 is 0 Å². The highest BCUT2D eigenvalue weighted by Crippen LogP contribution is 2.37. The number of benzene rings is 1. The number of hydrogen-bond donors (Lipinski definition) is 0. The molecule has 1 aliphatic rings. The first-order chi connectivity index (χ1) is 8.24. The zero-order valence-electron chi connectivity index (χ0n) is 11.0. The maximum Gasteiger partial charge on any atom is 0.164 e. The van der Waals surface area contributed by atoms with Crippen LogP contribution in [0.1, 0.15) is 72.9 Å². The summed E-state index contributed by atoms with van der Waals surface area (Å²) in [5.41, 5.74) is 3.49.